The zero-order valence-electron chi connectivity index (χ0n) is 14.2. The molecule has 0 aliphatic carbocycles. The van der Waals surface area contributed by atoms with Crippen LogP contribution < -0.4 is 0 Å². The first-order valence-corrected chi connectivity index (χ1v) is 7.97. The normalized spacial score (nSPS) is 21.3. The largest absolute Gasteiger partial charge is 0.460 e. The molecule has 1 saturated heterocycles. The highest BCUT2D eigenvalue weighted by Gasteiger charge is 2.36. The minimum Gasteiger partial charge on any atom is -0.460 e. The van der Waals surface area contributed by atoms with E-state index < -0.39 is 17.6 Å². The zero-order valence-corrected chi connectivity index (χ0v) is 14.2. The Labute approximate surface area is 133 Å². The molecule has 0 aromatic rings. The van der Waals surface area contributed by atoms with Gasteiger partial charge in [-0.05, 0) is 47.0 Å². The van der Waals surface area contributed by atoms with E-state index in [2.05, 4.69) is 6.58 Å². The van der Waals surface area contributed by atoms with Gasteiger partial charge in [0.15, 0.2) is 0 Å². The number of likely N-dealkylation sites (tertiary alicyclic amines) is 1. The van der Waals surface area contributed by atoms with E-state index >= 15 is 0 Å². The lowest BCUT2D eigenvalue weighted by molar-refractivity contribution is -0.158. The number of amides is 1. The molecule has 0 aromatic heterocycles. The lowest BCUT2D eigenvalue weighted by Crippen LogP contribution is -2.45. The third-order valence-corrected chi connectivity index (χ3v) is 3.77. The zero-order chi connectivity index (χ0) is 16.9. The summed E-state index contributed by atoms with van der Waals surface area (Å²) in [7, 11) is 0. The van der Waals surface area contributed by atoms with Gasteiger partial charge in [0.2, 0.25) is 5.91 Å². The van der Waals surface area contributed by atoms with E-state index in [-0.39, 0.29) is 24.3 Å². The predicted octanol–water partition coefficient (Wildman–Crippen LogP) is 2.28. The van der Waals surface area contributed by atoms with Crippen molar-refractivity contribution in [1.82, 2.24) is 4.90 Å². The second kappa shape index (κ2) is 7.77. The summed E-state index contributed by atoms with van der Waals surface area (Å²) in [6.07, 6.45) is 3.26. The van der Waals surface area contributed by atoms with E-state index in [0.29, 0.717) is 13.0 Å². The maximum Gasteiger partial charge on any atom is 0.307 e. The monoisotopic (exact) mass is 311 g/mol. The van der Waals surface area contributed by atoms with Crippen LogP contribution in [0.1, 0.15) is 53.4 Å². The Hall–Kier alpha value is -1.36. The van der Waals surface area contributed by atoms with Crippen molar-refractivity contribution in [2.75, 3.05) is 6.54 Å². The van der Waals surface area contributed by atoms with Crippen molar-refractivity contribution in [3.8, 4) is 0 Å². The molecule has 1 aliphatic heterocycles. The summed E-state index contributed by atoms with van der Waals surface area (Å²) in [5.74, 6) is -0.929. The number of rotatable bonds is 6. The maximum atomic E-state index is 12.7. The molecule has 22 heavy (non-hydrogen) atoms. The van der Waals surface area contributed by atoms with E-state index in [0.717, 1.165) is 12.8 Å². The highest BCUT2D eigenvalue weighted by Crippen LogP contribution is 2.25. The third-order valence-electron chi connectivity index (χ3n) is 3.77. The van der Waals surface area contributed by atoms with Crippen LogP contribution in [0.3, 0.4) is 0 Å². The van der Waals surface area contributed by atoms with Crippen molar-refractivity contribution >= 4 is 11.9 Å². The molecule has 1 N–H and O–H groups in total. The van der Waals surface area contributed by atoms with E-state index in [4.69, 9.17) is 4.74 Å². The van der Waals surface area contributed by atoms with Gasteiger partial charge >= 0.3 is 5.97 Å². The van der Waals surface area contributed by atoms with E-state index in [1.54, 1.807) is 38.7 Å². The number of ether oxygens (including phenoxy) is 1. The van der Waals surface area contributed by atoms with Crippen LogP contribution in [0.15, 0.2) is 12.7 Å². The second-order valence-electron chi connectivity index (χ2n) is 6.99. The summed E-state index contributed by atoms with van der Waals surface area (Å²) < 4.78 is 5.31. The summed E-state index contributed by atoms with van der Waals surface area (Å²) in [5, 5.41) is 9.81. The van der Waals surface area contributed by atoms with Crippen LogP contribution in [0.2, 0.25) is 0 Å². The number of carbonyl (C=O) groups excluding carboxylic acids is 2. The number of allylic oxidation sites excluding steroid dienone is 1. The Morgan fingerprint density at radius 3 is 2.59 bits per heavy atom. The van der Waals surface area contributed by atoms with Crippen molar-refractivity contribution in [3.63, 3.8) is 0 Å². The number of esters is 1. The highest BCUT2D eigenvalue weighted by molar-refractivity contribution is 5.84. The third kappa shape index (κ3) is 5.44. The molecule has 0 radical (unpaired) electrons. The number of hydrogen-bond donors (Lipinski definition) is 1. The molecule has 0 bridgehead atoms. The summed E-state index contributed by atoms with van der Waals surface area (Å²) in [4.78, 5) is 26.4. The van der Waals surface area contributed by atoms with E-state index in [1.165, 1.54) is 0 Å². The standard InChI is InChI=1S/C17H29NO4/c1-6-8-13(11-15(20)22-17(3,4)5)16(21)18-10-7-9-14(18)12(2)19/h6,12-14,19H,1,7-11H2,2-5H3/t12-,13-,14-/m0/s1. The Morgan fingerprint density at radius 1 is 1.45 bits per heavy atom. The fraction of sp³-hybridized carbons (Fsp3) is 0.765. The maximum absolute atomic E-state index is 12.7. The SMILES string of the molecule is C=CC[C@@H](CC(=O)OC(C)(C)C)C(=O)N1CCC[C@H]1[C@H](C)O. The smallest absolute Gasteiger partial charge is 0.307 e. The molecule has 1 heterocycles. The van der Waals surface area contributed by atoms with Crippen LogP contribution in [0.4, 0.5) is 0 Å². The summed E-state index contributed by atoms with van der Waals surface area (Å²) >= 11 is 0. The molecule has 126 valence electrons. The van der Waals surface area contributed by atoms with Crippen LogP contribution in [0.25, 0.3) is 0 Å². The van der Waals surface area contributed by atoms with Crippen LogP contribution >= 0.6 is 0 Å². The average molecular weight is 311 g/mol. The number of aliphatic hydroxyl groups excluding tert-OH is 1. The van der Waals surface area contributed by atoms with Gasteiger partial charge in [-0.25, -0.2) is 0 Å². The second-order valence-corrected chi connectivity index (χ2v) is 6.99. The Bertz CT molecular complexity index is 411. The van der Waals surface area contributed by atoms with Gasteiger partial charge in [0.25, 0.3) is 0 Å². The van der Waals surface area contributed by atoms with Crippen LogP contribution in [-0.2, 0) is 14.3 Å². The molecule has 1 aliphatic rings. The average Bonchev–Trinajstić information content (AvgIpc) is 2.84. The molecule has 5 nitrogen and oxygen atoms in total. The number of hydrogen-bond acceptors (Lipinski definition) is 4. The Kier molecular flexibility index (Phi) is 6.60. The summed E-state index contributed by atoms with van der Waals surface area (Å²) in [6, 6.07) is -0.154. The minimum atomic E-state index is -0.561. The number of carbonyl (C=O) groups is 2. The summed E-state index contributed by atoms with van der Waals surface area (Å²) in [6.45, 7) is 11.4. The van der Waals surface area contributed by atoms with Gasteiger partial charge in [0, 0.05) is 6.54 Å². The van der Waals surface area contributed by atoms with Gasteiger partial charge in [0.05, 0.1) is 24.5 Å². The lowest BCUT2D eigenvalue weighted by atomic mass is 9.98. The van der Waals surface area contributed by atoms with Gasteiger partial charge in [-0.3, -0.25) is 9.59 Å². The van der Waals surface area contributed by atoms with Crippen LogP contribution in [0.5, 0.6) is 0 Å². The number of aliphatic hydroxyl groups is 1. The lowest BCUT2D eigenvalue weighted by Gasteiger charge is -2.30. The van der Waals surface area contributed by atoms with E-state index in [1.807, 2.05) is 0 Å². The molecular formula is C17H29NO4. The Balaban J connectivity index is 2.75. The van der Waals surface area contributed by atoms with Crippen molar-refractivity contribution < 1.29 is 19.4 Å². The van der Waals surface area contributed by atoms with Crippen molar-refractivity contribution in [1.29, 1.82) is 0 Å². The molecule has 0 spiro atoms. The van der Waals surface area contributed by atoms with Gasteiger partial charge < -0.3 is 14.7 Å². The molecule has 0 unspecified atom stereocenters. The fourth-order valence-corrected chi connectivity index (χ4v) is 2.86. The first-order valence-electron chi connectivity index (χ1n) is 7.97. The molecular weight excluding hydrogens is 282 g/mol. The Morgan fingerprint density at radius 2 is 2.09 bits per heavy atom. The quantitative estimate of drug-likeness (QED) is 0.603. The van der Waals surface area contributed by atoms with E-state index in [9.17, 15) is 14.7 Å². The first kappa shape index (κ1) is 18.7. The number of nitrogens with zero attached hydrogens (tertiary/aromatic N) is 1. The topological polar surface area (TPSA) is 66.8 Å². The van der Waals surface area contributed by atoms with Gasteiger partial charge in [0.1, 0.15) is 5.60 Å². The van der Waals surface area contributed by atoms with Crippen LogP contribution in [0, 0.1) is 5.92 Å². The molecule has 1 rings (SSSR count). The fourth-order valence-electron chi connectivity index (χ4n) is 2.86. The van der Waals surface area contributed by atoms with Crippen molar-refractivity contribution in [2.45, 2.75) is 71.1 Å². The minimum absolute atomic E-state index is 0.0468. The molecule has 5 heteroatoms. The molecule has 1 fully saturated rings. The molecule has 0 aromatic carbocycles. The molecule has 3 atom stereocenters. The molecule has 0 saturated carbocycles. The van der Waals surface area contributed by atoms with Crippen molar-refractivity contribution in [3.05, 3.63) is 12.7 Å². The van der Waals surface area contributed by atoms with Gasteiger partial charge in [-0.15, -0.1) is 6.58 Å². The highest BCUT2D eigenvalue weighted by atomic mass is 16.6. The van der Waals surface area contributed by atoms with Crippen LogP contribution in [-0.4, -0.2) is 46.2 Å². The van der Waals surface area contributed by atoms with Gasteiger partial charge in [-0.2, -0.15) is 0 Å². The first-order chi connectivity index (χ1) is 10.2. The predicted molar refractivity (Wildman–Crippen MR) is 85.2 cm³/mol. The molecule has 1 amide bonds. The van der Waals surface area contributed by atoms with Crippen molar-refractivity contribution in [2.24, 2.45) is 5.92 Å². The summed E-state index contributed by atoms with van der Waals surface area (Å²) in [5.41, 5.74) is -0.561. The van der Waals surface area contributed by atoms with Gasteiger partial charge in [-0.1, -0.05) is 6.08 Å².